The number of fused-ring (bicyclic) bond motifs is 1. The van der Waals surface area contributed by atoms with Gasteiger partial charge in [-0.1, -0.05) is 18.2 Å². The molecule has 2 aromatic heterocycles. The molecule has 1 aliphatic carbocycles. The maximum atomic E-state index is 12.6. The van der Waals surface area contributed by atoms with Crippen LogP contribution >= 0.6 is 0 Å². The minimum atomic E-state index is -0.511. The van der Waals surface area contributed by atoms with Gasteiger partial charge in [-0.15, -0.1) is 0 Å². The predicted octanol–water partition coefficient (Wildman–Crippen LogP) is 2.07. The van der Waals surface area contributed by atoms with Crippen LogP contribution in [0.15, 0.2) is 41.5 Å². The van der Waals surface area contributed by atoms with Crippen molar-refractivity contribution in [1.82, 2.24) is 15.3 Å². The number of anilines is 1. The molecule has 7 nitrogen and oxygen atoms in total. The first-order valence-electron chi connectivity index (χ1n) is 8.34. The van der Waals surface area contributed by atoms with Crippen LogP contribution in [0.4, 0.5) is 5.69 Å². The van der Waals surface area contributed by atoms with Crippen molar-refractivity contribution in [1.29, 1.82) is 0 Å². The van der Waals surface area contributed by atoms with Crippen molar-refractivity contribution in [2.75, 3.05) is 12.8 Å². The van der Waals surface area contributed by atoms with Gasteiger partial charge in [0.25, 0.3) is 11.5 Å². The second-order valence-corrected chi connectivity index (χ2v) is 6.29. The molecule has 0 radical (unpaired) electrons. The van der Waals surface area contributed by atoms with Crippen molar-refractivity contribution >= 4 is 22.5 Å². The molecular formula is C19H18N4O3. The highest BCUT2D eigenvalue weighted by molar-refractivity contribution is 6.09. The molecule has 0 saturated heterocycles. The number of carbonyl (C=O) groups is 1. The molecule has 1 amide bonds. The maximum Gasteiger partial charge on any atom is 0.263 e. The van der Waals surface area contributed by atoms with Crippen LogP contribution in [0.25, 0.3) is 22.0 Å². The second kappa shape index (κ2) is 6.18. The molecule has 3 aromatic rings. The van der Waals surface area contributed by atoms with Crippen LogP contribution in [0.2, 0.25) is 0 Å². The number of hydrogen-bond acceptors (Lipinski definition) is 5. The molecule has 26 heavy (non-hydrogen) atoms. The van der Waals surface area contributed by atoms with Gasteiger partial charge in [-0.05, 0) is 18.9 Å². The third-order valence-corrected chi connectivity index (χ3v) is 4.52. The van der Waals surface area contributed by atoms with Gasteiger partial charge in [0.2, 0.25) is 0 Å². The van der Waals surface area contributed by atoms with E-state index in [0.29, 0.717) is 16.7 Å². The first-order chi connectivity index (χ1) is 12.6. The van der Waals surface area contributed by atoms with E-state index in [9.17, 15) is 9.59 Å². The number of aromatic nitrogens is 2. The van der Waals surface area contributed by atoms with Crippen molar-refractivity contribution in [3.8, 4) is 16.9 Å². The lowest BCUT2D eigenvalue weighted by Crippen LogP contribution is -2.32. The minimum Gasteiger partial charge on any atom is -0.496 e. The molecule has 4 N–H and O–H groups in total. The number of carbonyl (C=O) groups excluding carboxylic acids is 1. The summed E-state index contributed by atoms with van der Waals surface area (Å²) in [5.41, 5.74) is 7.83. The van der Waals surface area contributed by atoms with Gasteiger partial charge < -0.3 is 20.8 Å². The standard InChI is InChI=1S/C19H18N4O3/c1-26-14-7-8-21-9-13(14)11-3-2-4-12-16(20)15(19(25)23-17(11)12)18(24)22-10-5-6-10/h2-4,7-10H,5-6H2,1H3,(H,22,24)(H3,20,23,25). The summed E-state index contributed by atoms with van der Waals surface area (Å²) in [7, 11) is 1.57. The highest BCUT2D eigenvalue weighted by Gasteiger charge is 2.27. The number of amides is 1. The SMILES string of the molecule is COc1ccncc1-c1cccc2c(N)c(C(=O)NC3CC3)c(=O)[nH]c12. The van der Waals surface area contributed by atoms with E-state index in [1.807, 2.05) is 12.1 Å². The Balaban J connectivity index is 1.93. The van der Waals surface area contributed by atoms with Gasteiger partial charge in [-0.3, -0.25) is 14.6 Å². The lowest BCUT2D eigenvalue weighted by atomic mass is 10.0. The Morgan fingerprint density at radius 1 is 1.31 bits per heavy atom. The topological polar surface area (TPSA) is 110 Å². The molecule has 1 saturated carbocycles. The van der Waals surface area contributed by atoms with Gasteiger partial charge in [0.1, 0.15) is 11.3 Å². The van der Waals surface area contributed by atoms with E-state index in [1.54, 1.807) is 31.6 Å². The number of nitrogens with two attached hydrogens (primary N) is 1. The van der Waals surface area contributed by atoms with Crippen LogP contribution in [-0.4, -0.2) is 29.0 Å². The summed E-state index contributed by atoms with van der Waals surface area (Å²) < 4.78 is 5.39. The number of nitrogens with one attached hydrogen (secondary N) is 2. The molecule has 1 fully saturated rings. The highest BCUT2D eigenvalue weighted by atomic mass is 16.5. The summed E-state index contributed by atoms with van der Waals surface area (Å²) in [5, 5.41) is 3.42. The molecule has 7 heteroatoms. The van der Waals surface area contributed by atoms with Crippen molar-refractivity contribution < 1.29 is 9.53 Å². The van der Waals surface area contributed by atoms with E-state index in [0.717, 1.165) is 24.0 Å². The van der Waals surface area contributed by atoms with Crippen LogP contribution in [0.3, 0.4) is 0 Å². The van der Waals surface area contributed by atoms with Gasteiger partial charge in [-0.2, -0.15) is 0 Å². The number of nitrogen functional groups attached to an aromatic ring is 1. The van der Waals surface area contributed by atoms with Crippen LogP contribution in [0, 0.1) is 0 Å². The van der Waals surface area contributed by atoms with Crippen molar-refractivity contribution in [3.63, 3.8) is 0 Å². The molecule has 1 aromatic carbocycles. The number of pyridine rings is 2. The number of rotatable bonds is 4. The van der Waals surface area contributed by atoms with E-state index in [2.05, 4.69) is 15.3 Å². The molecule has 4 rings (SSSR count). The Morgan fingerprint density at radius 3 is 2.85 bits per heavy atom. The third-order valence-electron chi connectivity index (χ3n) is 4.52. The van der Waals surface area contributed by atoms with E-state index in [4.69, 9.17) is 10.5 Å². The zero-order valence-corrected chi connectivity index (χ0v) is 14.2. The summed E-state index contributed by atoms with van der Waals surface area (Å²) in [5.74, 6) is 0.194. The van der Waals surface area contributed by atoms with Crippen molar-refractivity contribution in [2.45, 2.75) is 18.9 Å². The third kappa shape index (κ3) is 2.67. The summed E-state index contributed by atoms with van der Waals surface area (Å²) in [6.07, 6.45) is 5.16. The van der Waals surface area contributed by atoms with Gasteiger partial charge in [0, 0.05) is 34.9 Å². The molecule has 0 atom stereocenters. The molecule has 0 aliphatic heterocycles. The first-order valence-corrected chi connectivity index (χ1v) is 8.34. The number of benzene rings is 1. The first kappa shape index (κ1) is 16.1. The van der Waals surface area contributed by atoms with Crippen molar-refractivity contribution in [3.05, 3.63) is 52.6 Å². The monoisotopic (exact) mass is 350 g/mol. The Morgan fingerprint density at radius 2 is 2.12 bits per heavy atom. The molecule has 2 heterocycles. The number of para-hydroxylation sites is 1. The number of H-pyrrole nitrogens is 1. The van der Waals surface area contributed by atoms with Crippen molar-refractivity contribution in [2.24, 2.45) is 0 Å². The largest absolute Gasteiger partial charge is 0.496 e. The zero-order valence-electron chi connectivity index (χ0n) is 14.2. The zero-order chi connectivity index (χ0) is 18.3. The Kier molecular flexibility index (Phi) is 3.84. The lowest BCUT2D eigenvalue weighted by Gasteiger charge is -2.13. The average molecular weight is 350 g/mol. The van der Waals surface area contributed by atoms with E-state index in [1.165, 1.54) is 0 Å². The highest BCUT2D eigenvalue weighted by Crippen LogP contribution is 2.35. The van der Waals surface area contributed by atoms with E-state index >= 15 is 0 Å². The molecule has 0 unspecified atom stereocenters. The number of hydrogen-bond donors (Lipinski definition) is 3. The van der Waals surface area contributed by atoms with Gasteiger partial charge in [0.15, 0.2) is 0 Å². The molecule has 132 valence electrons. The van der Waals surface area contributed by atoms with Crippen LogP contribution in [-0.2, 0) is 0 Å². The quantitative estimate of drug-likeness (QED) is 0.667. The minimum absolute atomic E-state index is 0.0419. The molecule has 1 aliphatic rings. The molecular weight excluding hydrogens is 332 g/mol. The lowest BCUT2D eigenvalue weighted by molar-refractivity contribution is 0.0950. The summed E-state index contributed by atoms with van der Waals surface area (Å²) in [6.45, 7) is 0. The molecule has 0 bridgehead atoms. The number of ether oxygens (including phenoxy) is 1. The van der Waals surface area contributed by atoms with Crippen LogP contribution in [0.5, 0.6) is 5.75 Å². The van der Waals surface area contributed by atoms with Crippen LogP contribution < -0.4 is 21.3 Å². The molecule has 0 spiro atoms. The van der Waals surface area contributed by atoms with Gasteiger partial charge in [-0.25, -0.2) is 0 Å². The Labute approximate surface area is 149 Å². The smallest absolute Gasteiger partial charge is 0.263 e. The maximum absolute atomic E-state index is 12.6. The van der Waals surface area contributed by atoms with Gasteiger partial charge >= 0.3 is 0 Å². The van der Waals surface area contributed by atoms with E-state index in [-0.39, 0.29) is 17.3 Å². The fraction of sp³-hybridized carbons (Fsp3) is 0.211. The average Bonchev–Trinajstić information content (AvgIpc) is 3.45. The number of nitrogens with zero attached hydrogens (tertiary/aromatic N) is 1. The van der Waals surface area contributed by atoms with E-state index < -0.39 is 11.5 Å². The summed E-state index contributed by atoms with van der Waals surface area (Å²) in [6, 6.07) is 7.33. The predicted molar refractivity (Wildman–Crippen MR) is 99.3 cm³/mol. The normalized spacial score (nSPS) is 13.6. The fourth-order valence-electron chi connectivity index (χ4n) is 3.04. The van der Waals surface area contributed by atoms with Gasteiger partial charge in [0.05, 0.1) is 18.3 Å². The summed E-state index contributed by atoms with van der Waals surface area (Å²) >= 11 is 0. The van der Waals surface area contributed by atoms with Crippen LogP contribution in [0.1, 0.15) is 23.2 Å². The fourth-order valence-corrected chi connectivity index (χ4v) is 3.04. The number of aromatic amines is 1. The Bertz CT molecular complexity index is 1070. The summed E-state index contributed by atoms with van der Waals surface area (Å²) in [4.78, 5) is 31.9. The second-order valence-electron chi connectivity index (χ2n) is 6.29. The number of methoxy groups -OCH3 is 1. The Hall–Kier alpha value is -3.35.